The Morgan fingerprint density at radius 3 is 2.47 bits per heavy atom. The second-order valence-electron chi connectivity index (χ2n) is 8.24. The highest BCUT2D eigenvalue weighted by atomic mass is 16.5. The van der Waals surface area contributed by atoms with Gasteiger partial charge in [0.2, 0.25) is 11.8 Å². The maximum absolute atomic E-state index is 12.7. The molecule has 0 radical (unpaired) electrons. The van der Waals surface area contributed by atoms with Crippen molar-refractivity contribution in [3.05, 3.63) is 35.9 Å². The number of likely N-dealkylation sites (tertiary alicyclic amines) is 1. The van der Waals surface area contributed by atoms with E-state index in [-0.39, 0.29) is 18.4 Å². The predicted octanol–water partition coefficient (Wildman–Crippen LogP) is 2.71. The highest BCUT2D eigenvalue weighted by molar-refractivity contribution is 5.87. The Bertz CT molecular complexity index is 692. The summed E-state index contributed by atoms with van der Waals surface area (Å²) in [5.74, 6) is -0.0587. The Labute approximate surface area is 191 Å². The van der Waals surface area contributed by atoms with Crippen molar-refractivity contribution < 1.29 is 19.1 Å². The van der Waals surface area contributed by atoms with Crippen LogP contribution in [0.5, 0.6) is 0 Å². The molecule has 178 valence electrons. The second-order valence-corrected chi connectivity index (χ2v) is 8.24. The first-order valence-corrected chi connectivity index (χ1v) is 11.8. The molecule has 1 aromatic rings. The third-order valence-corrected chi connectivity index (χ3v) is 5.56. The molecule has 32 heavy (non-hydrogen) atoms. The highest BCUT2D eigenvalue weighted by Crippen LogP contribution is 2.13. The number of nitrogens with one attached hydrogen (secondary N) is 2. The van der Waals surface area contributed by atoms with Gasteiger partial charge in [0.1, 0.15) is 12.6 Å². The average Bonchev–Trinajstić information content (AvgIpc) is 3.34. The number of nitrogens with two attached hydrogens (primary N) is 1. The molecule has 1 aromatic carbocycles. The smallest absolute Gasteiger partial charge is 0.407 e. The number of unbranched alkanes of at least 4 members (excludes halogenated alkanes) is 3. The van der Waals surface area contributed by atoms with Crippen LogP contribution in [0.3, 0.4) is 0 Å². The van der Waals surface area contributed by atoms with E-state index in [0.717, 1.165) is 57.2 Å². The zero-order valence-electron chi connectivity index (χ0n) is 19.0. The molecular formula is C24H38N4O4. The van der Waals surface area contributed by atoms with Crippen molar-refractivity contribution in [2.45, 2.75) is 70.4 Å². The molecule has 0 aromatic heterocycles. The zero-order chi connectivity index (χ0) is 23.0. The molecule has 8 nitrogen and oxygen atoms in total. The molecule has 4 N–H and O–H groups in total. The minimum atomic E-state index is -0.451. The van der Waals surface area contributed by atoms with Crippen LogP contribution in [0.25, 0.3) is 0 Å². The number of amides is 3. The molecule has 1 heterocycles. The van der Waals surface area contributed by atoms with Gasteiger partial charge in [-0.3, -0.25) is 9.59 Å². The summed E-state index contributed by atoms with van der Waals surface area (Å²) in [6, 6.07) is 9.07. The summed E-state index contributed by atoms with van der Waals surface area (Å²) in [6.07, 6.45) is 6.59. The third kappa shape index (κ3) is 10.1. The molecule has 0 spiro atoms. The minimum Gasteiger partial charge on any atom is -0.445 e. The van der Waals surface area contributed by atoms with Crippen LogP contribution in [0.15, 0.2) is 30.3 Å². The summed E-state index contributed by atoms with van der Waals surface area (Å²) in [6.45, 7) is 2.90. The molecule has 2 rings (SSSR count). The molecule has 1 atom stereocenters. The fourth-order valence-electron chi connectivity index (χ4n) is 3.73. The minimum absolute atomic E-state index is 0.0334. The Hall–Kier alpha value is -2.61. The molecule has 8 heteroatoms. The number of benzene rings is 1. The van der Waals surface area contributed by atoms with Crippen LogP contribution in [-0.4, -0.2) is 55.0 Å². The first-order valence-electron chi connectivity index (χ1n) is 11.8. The topological polar surface area (TPSA) is 114 Å². The average molecular weight is 447 g/mol. The van der Waals surface area contributed by atoms with Crippen molar-refractivity contribution in [3.8, 4) is 0 Å². The number of hydrogen-bond acceptors (Lipinski definition) is 5. The van der Waals surface area contributed by atoms with Gasteiger partial charge in [-0.25, -0.2) is 4.79 Å². The van der Waals surface area contributed by atoms with Crippen LogP contribution in [0.1, 0.15) is 63.4 Å². The Kier molecular flexibility index (Phi) is 12.2. The van der Waals surface area contributed by atoms with Gasteiger partial charge in [0.05, 0.1) is 0 Å². The van der Waals surface area contributed by atoms with Crippen molar-refractivity contribution >= 4 is 17.9 Å². The van der Waals surface area contributed by atoms with E-state index in [2.05, 4.69) is 10.6 Å². The first-order chi connectivity index (χ1) is 15.6. The van der Waals surface area contributed by atoms with Crippen molar-refractivity contribution in [2.75, 3.05) is 26.2 Å². The quantitative estimate of drug-likeness (QED) is 0.380. The van der Waals surface area contributed by atoms with E-state index in [1.807, 2.05) is 35.2 Å². The Balaban J connectivity index is 1.57. The molecule has 0 saturated carbocycles. The van der Waals surface area contributed by atoms with Crippen molar-refractivity contribution in [2.24, 2.45) is 5.73 Å². The molecule has 1 fully saturated rings. The van der Waals surface area contributed by atoms with Crippen LogP contribution >= 0.6 is 0 Å². The fraction of sp³-hybridized carbons (Fsp3) is 0.625. The normalized spacial score (nSPS) is 14.1. The molecule has 1 saturated heterocycles. The lowest BCUT2D eigenvalue weighted by atomic mass is 10.1. The maximum atomic E-state index is 12.7. The van der Waals surface area contributed by atoms with Gasteiger partial charge in [0.15, 0.2) is 0 Å². The number of rotatable bonds is 14. The third-order valence-electron chi connectivity index (χ3n) is 5.56. The number of carbonyl (C=O) groups excluding carboxylic acids is 3. The van der Waals surface area contributed by atoms with Crippen LogP contribution in [0, 0.1) is 0 Å². The standard InChI is InChI=1S/C24H38N4O4/c25-15-7-6-13-21(23(30)28-17-9-10-18-28)27-22(29)14-5-2-8-16-26-24(31)32-19-20-11-3-1-4-12-20/h1,3-4,11-12,21H,2,5-10,13-19,25H2,(H,26,31)(H,27,29)/t21-/m0/s1. The molecule has 0 bridgehead atoms. The summed E-state index contributed by atoms with van der Waals surface area (Å²) >= 11 is 0. The molecule has 0 aliphatic carbocycles. The van der Waals surface area contributed by atoms with Gasteiger partial charge in [0, 0.05) is 26.1 Å². The zero-order valence-corrected chi connectivity index (χ0v) is 19.0. The summed E-state index contributed by atoms with van der Waals surface area (Å²) in [4.78, 5) is 38.7. The van der Waals surface area contributed by atoms with Crippen molar-refractivity contribution in [1.29, 1.82) is 0 Å². The van der Waals surface area contributed by atoms with E-state index in [1.165, 1.54) is 0 Å². The Morgan fingerprint density at radius 1 is 1.00 bits per heavy atom. The first kappa shape index (κ1) is 25.6. The lowest BCUT2D eigenvalue weighted by molar-refractivity contribution is -0.135. The number of hydrogen-bond donors (Lipinski definition) is 3. The van der Waals surface area contributed by atoms with E-state index in [1.54, 1.807) is 0 Å². The van der Waals surface area contributed by atoms with Crippen LogP contribution in [-0.2, 0) is 20.9 Å². The molecule has 3 amide bonds. The van der Waals surface area contributed by atoms with E-state index < -0.39 is 12.1 Å². The van der Waals surface area contributed by atoms with Gasteiger partial charge < -0.3 is 26.0 Å². The van der Waals surface area contributed by atoms with Gasteiger partial charge in [-0.1, -0.05) is 36.8 Å². The lowest BCUT2D eigenvalue weighted by Gasteiger charge is -2.24. The van der Waals surface area contributed by atoms with Gasteiger partial charge in [-0.2, -0.15) is 0 Å². The van der Waals surface area contributed by atoms with Crippen molar-refractivity contribution in [1.82, 2.24) is 15.5 Å². The van der Waals surface area contributed by atoms with E-state index in [0.29, 0.717) is 32.4 Å². The number of carbonyl (C=O) groups is 3. The summed E-state index contributed by atoms with van der Waals surface area (Å²) in [5.41, 5.74) is 6.51. The van der Waals surface area contributed by atoms with E-state index in [9.17, 15) is 14.4 Å². The summed E-state index contributed by atoms with van der Waals surface area (Å²) in [7, 11) is 0. The lowest BCUT2D eigenvalue weighted by Crippen LogP contribution is -2.47. The predicted molar refractivity (Wildman–Crippen MR) is 124 cm³/mol. The molecule has 1 aliphatic rings. The van der Waals surface area contributed by atoms with Gasteiger partial charge in [0.25, 0.3) is 0 Å². The van der Waals surface area contributed by atoms with E-state index >= 15 is 0 Å². The maximum Gasteiger partial charge on any atom is 0.407 e. The van der Waals surface area contributed by atoms with Gasteiger partial charge in [-0.05, 0) is 57.1 Å². The number of nitrogens with zero attached hydrogens (tertiary/aromatic N) is 1. The summed E-state index contributed by atoms with van der Waals surface area (Å²) in [5, 5.41) is 5.66. The SMILES string of the molecule is NCCCC[C@H](NC(=O)CCCCCNC(=O)OCc1ccccc1)C(=O)N1CCCC1. The molecule has 0 unspecified atom stereocenters. The van der Waals surface area contributed by atoms with Crippen LogP contribution in [0.4, 0.5) is 4.79 Å². The van der Waals surface area contributed by atoms with Crippen molar-refractivity contribution in [3.63, 3.8) is 0 Å². The monoisotopic (exact) mass is 446 g/mol. The van der Waals surface area contributed by atoms with Crippen LogP contribution < -0.4 is 16.4 Å². The van der Waals surface area contributed by atoms with Crippen LogP contribution in [0.2, 0.25) is 0 Å². The molecule has 1 aliphatic heterocycles. The van der Waals surface area contributed by atoms with Gasteiger partial charge >= 0.3 is 6.09 Å². The fourth-order valence-corrected chi connectivity index (χ4v) is 3.73. The Morgan fingerprint density at radius 2 is 1.75 bits per heavy atom. The van der Waals surface area contributed by atoms with Gasteiger partial charge in [-0.15, -0.1) is 0 Å². The number of ether oxygens (including phenoxy) is 1. The molecular weight excluding hydrogens is 408 g/mol. The largest absolute Gasteiger partial charge is 0.445 e. The number of alkyl carbamates (subject to hydrolysis) is 1. The highest BCUT2D eigenvalue weighted by Gasteiger charge is 2.27. The van der Waals surface area contributed by atoms with E-state index in [4.69, 9.17) is 10.5 Å². The second kappa shape index (κ2) is 15.2. The summed E-state index contributed by atoms with van der Waals surface area (Å²) < 4.78 is 5.16.